The number of thiophene rings is 1. The molecule has 100 valence electrons. The largest absolute Gasteiger partial charge is 0.348 e. The third kappa shape index (κ3) is 3.80. The maximum absolute atomic E-state index is 12.0. The van der Waals surface area contributed by atoms with Crippen molar-refractivity contribution < 1.29 is 4.79 Å². The molecule has 2 heterocycles. The minimum Gasteiger partial charge on any atom is -0.348 e. The average molecular weight is 331 g/mol. The van der Waals surface area contributed by atoms with Gasteiger partial charge in [-0.2, -0.15) is 0 Å². The van der Waals surface area contributed by atoms with Gasteiger partial charge in [0.25, 0.3) is 5.91 Å². The average Bonchev–Trinajstić information content (AvgIpc) is 2.76. The van der Waals surface area contributed by atoms with Crippen molar-refractivity contribution >= 4 is 33.2 Å². The molecule has 0 radical (unpaired) electrons. The van der Waals surface area contributed by atoms with Crippen LogP contribution in [0.3, 0.4) is 0 Å². The first kappa shape index (κ1) is 14.0. The maximum Gasteiger partial charge on any atom is 0.262 e. The highest BCUT2D eigenvalue weighted by atomic mass is 79.9. The first-order valence-electron chi connectivity index (χ1n) is 6.43. The lowest BCUT2D eigenvalue weighted by molar-refractivity contribution is 0.0929. The molecule has 1 atom stereocenters. The van der Waals surface area contributed by atoms with Crippen LogP contribution in [0.2, 0.25) is 0 Å². The van der Waals surface area contributed by atoms with Crippen LogP contribution in [0.1, 0.15) is 35.9 Å². The number of halogens is 1. The molecule has 0 aromatic carbocycles. The Morgan fingerprint density at radius 3 is 2.83 bits per heavy atom. The molecule has 1 saturated heterocycles. The molecule has 0 spiro atoms. The molecule has 0 bridgehead atoms. The van der Waals surface area contributed by atoms with Crippen LogP contribution in [0.4, 0.5) is 0 Å². The summed E-state index contributed by atoms with van der Waals surface area (Å²) < 4.78 is 0.884. The monoisotopic (exact) mass is 330 g/mol. The fourth-order valence-electron chi connectivity index (χ4n) is 2.32. The Morgan fingerprint density at radius 1 is 1.50 bits per heavy atom. The van der Waals surface area contributed by atoms with Crippen molar-refractivity contribution in [3.63, 3.8) is 0 Å². The SMILES string of the molecule is CC(CN1CCCCC1)NC(=O)c1sccc1Br. The highest BCUT2D eigenvalue weighted by Gasteiger charge is 2.17. The van der Waals surface area contributed by atoms with Crippen LogP contribution in [-0.4, -0.2) is 36.5 Å². The Morgan fingerprint density at radius 2 is 2.22 bits per heavy atom. The Kier molecular flexibility index (Phi) is 5.21. The second-order valence-electron chi connectivity index (χ2n) is 4.83. The van der Waals surface area contributed by atoms with Crippen LogP contribution in [0.5, 0.6) is 0 Å². The normalized spacial score (nSPS) is 18.6. The summed E-state index contributed by atoms with van der Waals surface area (Å²) in [5.41, 5.74) is 0. The van der Waals surface area contributed by atoms with E-state index in [0.717, 1.165) is 15.9 Å². The van der Waals surface area contributed by atoms with Crippen LogP contribution >= 0.6 is 27.3 Å². The van der Waals surface area contributed by atoms with Crippen LogP contribution in [0.25, 0.3) is 0 Å². The fraction of sp³-hybridized carbons (Fsp3) is 0.615. The fourth-order valence-corrected chi connectivity index (χ4v) is 3.77. The molecule has 1 aromatic rings. The second-order valence-corrected chi connectivity index (χ2v) is 6.60. The van der Waals surface area contributed by atoms with Gasteiger partial charge in [-0.05, 0) is 60.2 Å². The Labute approximate surface area is 121 Å². The predicted molar refractivity (Wildman–Crippen MR) is 79.2 cm³/mol. The van der Waals surface area contributed by atoms with Gasteiger partial charge in [0.1, 0.15) is 4.88 Å². The Hall–Kier alpha value is -0.390. The molecule has 1 aliphatic rings. The number of amides is 1. The molecule has 2 rings (SSSR count). The van der Waals surface area contributed by atoms with Crippen molar-refractivity contribution in [2.75, 3.05) is 19.6 Å². The number of nitrogens with zero attached hydrogens (tertiary/aromatic N) is 1. The van der Waals surface area contributed by atoms with Crippen molar-refractivity contribution in [1.29, 1.82) is 0 Å². The first-order chi connectivity index (χ1) is 8.66. The molecule has 5 heteroatoms. The number of carbonyl (C=O) groups is 1. The molecule has 1 aromatic heterocycles. The van der Waals surface area contributed by atoms with Gasteiger partial charge in [-0.1, -0.05) is 6.42 Å². The lowest BCUT2D eigenvalue weighted by Crippen LogP contribution is -2.43. The zero-order chi connectivity index (χ0) is 13.0. The molecule has 0 aliphatic carbocycles. The number of hydrogen-bond acceptors (Lipinski definition) is 3. The van der Waals surface area contributed by atoms with Crippen molar-refractivity contribution in [2.24, 2.45) is 0 Å². The molecule has 18 heavy (non-hydrogen) atoms. The van der Waals surface area contributed by atoms with Crippen molar-refractivity contribution in [1.82, 2.24) is 10.2 Å². The lowest BCUT2D eigenvalue weighted by atomic mass is 10.1. The van der Waals surface area contributed by atoms with E-state index in [0.29, 0.717) is 0 Å². The van der Waals surface area contributed by atoms with E-state index in [1.54, 1.807) is 0 Å². The number of hydrogen-bond donors (Lipinski definition) is 1. The summed E-state index contributed by atoms with van der Waals surface area (Å²) in [6, 6.07) is 2.11. The van der Waals surface area contributed by atoms with Gasteiger partial charge in [-0.15, -0.1) is 11.3 Å². The lowest BCUT2D eigenvalue weighted by Gasteiger charge is -2.29. The summed E-state index contributed by atoms with van der Waals surface area (Å²) >= 11 is 4.87. The molecule has 1 aliphatic heterocycles. The molecule has 1 unspecified atom stereocenters. The number of nitrogens with one attached hydrogen (secondary N) is 1. The summed E-state index contributed by atoms with van der Waals surface area (Å²) in [5, 5.41) is 5.00. The smallest absolute Gasteiger partial charge is 0.262 e. The van der Waals surface area contributed by atoms with E-state index in [4.69, 9.17) is 0 Å². The first-order valence-corrected chi connectivity index (χ1v) is 8.10. The van der Waals surface area contributed by atoms with Gasteiger partial charge in [-0.25, -0.2) is 0 Å². The number of piperidine rings is 1. The van der Waals surface area contributed by atoms with Gasteiger partial charge in [0, 0.05) is 17.1 Å². The Bertz CT molecular complexity index is 401. The van der Waals surface area contributed by atoms with E-state index in [2.05, 4.69) is 33.1 Å². The molecular formula is C13H19BrN2OS. The van der Waals surface area contributed by atoms with E-state index < -0.39 is 0 Å². The van der Waals surface area contributed by atoms with Gasteiger partial charge < -0.3 is 10.2 Å². The third-order valence-electron chi connectivity index (χ3n) is 3.18. The number of rotatable bonds is 4. The van der Waals surface area contributed by atoms with E-state index in [1.807, 2.05) is 11.4 Å². The minimum absolute atomic E-state index is 0.0291. The summed E-state index contributed by atoms with van der Waals surface area (Å²) in [7, 11) is 0. The number of carbonyl (C=O) groups excluding carboxylic acids is 1. The summed E-state index contributed by atoms with van der Waals surface area (Å²) in [5.74, 6) is 0.0291. The summed E-state index contributed by atoms with van der Waals surface area (Å²) in [6.45, 7) is 5.37. The summed E-state index contributed by atoms with van der Waals surface area (Å²) in [6.07, 6.45) is 3.92. The minimum atomic E-state index is 0.0291. The topological polar surface area (TPSA) is 32.3 Å². The van der Waals surface area contributed by atoms with Gasteiger partial charge >= 0.3 is 0 Å². The molecule has 1 fully saturated rings. The van der Waals surface area contributed by atoms with Crippen LogP contribution in [0, 0.1) is 0 Å². The van der Waals surface area contributed by atoms with Crippen LogP contribution in [-0.2, 0) is 0 Å². The zero-order valence-electron chi connectivity index (χ0n) is 10.6. The maximum atomic E-state index is 12.0. The zero-order valence-corrected chi connectivity index (χ0v) is 13.0. The molecule has 0 saturated carbocycles. The Balaban J connectivity index is 1.81. The van der Waals surface area contributed by atoms with E-state index in [1.165, 1.54) is 43.7 Å². The molecule has 1 N–H and O–H groups in total. The number of likely N-dealkylation sites (tertiary alicyclic amines) is 1. The summed E-state index contributed by atoms with van der Waals surface area (Å²) in [4.78, 5) is 15.2. The predicted octanol–water partition coefficient (Wildman–Crippen LogP) is 3.11. The van der Waals surface area contributed by atoms with Crippen molar-refractivity contribution in [3.8, 4) is 0 Å². The van der Waals surface area contributed by atoms with Crippen LogP contribution < -0.4 is 5.32 Å². The highest BCUT2D eigenvalue weighted by Crippen LogP contribution is 2.22. The molecular weight excluding hydrogens is 312 g/mol. The quantitative estimate of drug-likeness (QED) is 0.919. The molecule has 3 nitrogen and oxygen atoms in total. The van der Waals surface area contributed by atoms with E-state index >= 15 is 0 Å². The van der Waals surface area contributed by atoms with E-state index in [9.17, 15) is 4.79 Å². The van der Waals surface area contributed by atoms with Crippen molar-refractivity contribution in [3.05, 3.63) is 20.8 Å². The van der Waals surface area contributed by atoms with Gasteiger partial charge in [0.05, 0.1) is 0 Å². The third-order valence-corrected chi connectivity index (χ3v) is 5.02. The highest BCUT2D eigenvalue weighted by molar-refractivity contribution is 9.10. The standard InChI is InChI=1S/C13H19BrN2OS/c1-10(9-16-6-3-2-4-7-16)15-13(17)12-11(14)5-8-18-12/h5,8,10H,2-4,6-7,9H2,1H3,(H,15,17). The van der Waals surface area contributed by atoms with Gasteiger partial charge in [0.15, 0.2) is 0 Å². The van der Waals surface area contributed by atoms with Crippen molar-refractivity contribution in [2.45, 2.75) is 32.2 Å². The van der Waals surface area contributed by atoms with Gasteiger partial charge in [-0.3, -0.25) is 4.79 Å². The van der Waals surface area contributed by atoms with E-state index in [-0.39, 0.29) is 11.9 Å². The molecule has 1 amide bonds. The van der Waals surface area contributed by atoms with Gasteiger partial charge in [0.2, 0.25) is 0 Å². The van der Waals surface area contributed by atoms with Crippen LogP contribution in [0.15, 0.2) is 15.9 Å². The second kappa shape index (κ2) is 6.68.